The van der Waals surface area contributed by atoms with E-state index in [0.717, 1.165) is 26.1 Å². The smallest absolute Gasteiger partial charge is 0.255 e. The highest BCUT2D eigenvalue weighted by Crippen LogP contribution is 2.30. The third-order valence-corrected chi connectivity index (χ3v) is 4.45. The summed E-state index contributed by atoms with van der Waals surface area (Å²) in [6, 6.07) is 7.74. The summed E-state index contributed by atoms with van der Waals surface area (Å²) in [6.07, 6.45) is 3.60. The summed E-state index contributed by atoms with van der Waals surface area (Å²) >= 11 is 0. The van der Waals surface area contributed by atoms with Gasteiger partial charge in [-0.3, -0.25) is 4.79 Å². The Morgan fingerprint density at radius 3 is 2.90 bits per heavy atom. The zero-order valence-electron chi connectivity index (χ0n) is 12.6. The van der Waals surface area contributed by atoms with Crippen molar-refractivity contribution in [2.75, 3.05) is 19.7 Å². The van der Waals surface area contributed by atoms with Crippen LogP contribution >= 0.6 is 0 Å². The number of carbonyl (C=O) groups is 1. The van der Waals surface area contributed by atoms with Crippen molar-refractivity contribution in [1.29, 1.82) is 0 Å². The molecule has 1 saturated heterocycles. The van der Waals surface area contributed by atoms with Gasteiger partial charge in [0.05, 0.1) is 12.2 Å². The number of rotatable bonds is 5. The van der Waals surface area contributed by atoms with Crippen LogP contribution in [-0.2, 0) is 0 Å². The maximum atomic E-state index is 12.5. The summed E-state index contributed by atoms with van der Waals surface area (Å²) in [4.78, 5) is 12.5. The van der Waals surface area contributed by atoms with Gasteiger partial charge in [0.15, 0.2) is 0 Å². The fraction of sp³-hybridized carbons (Fsp3) is 0.588. The van der Waals surface area contributed by atoms with E-state index in [1.54, 1.807) is 0 Å². The quantitative estimate of drug-likeness (QED) is 0.873. The number of benzene rings is 1. The van der Waals surface area contributed by atoms with Crippen LogP contribution in [0.4, 0.5) is 0 Å². The number of hydrogen-bond acceptors (Lipinski definition) is 3. The molecule has 2 atom stereocenters. The highest BCUT2D eigenvalue weighted by Gasteiger charge is 2.25. The SMILES string of the molecule is CC1CCNCC1NC(=O)c1ccccc1OCC1CC1. The fourth-order valence-electron chi connectivity index (χ4n) is 2.70. The molecule has 1 amide bonds. The fourth-order valence-corrected chi connectivity index (χ4v) is 2.70. The first-order valence-corrected chi connectivity index (χ1v) is 7.97. The molecule has 4 nitrogen and oxygen atoms in total. The molecule has 2 N–H and O–H groups in total. The van der Waals surface area contributed by atoms with Gasteiger partial charge in [0.25, 0.3) is 5.91 Å². The Balaban J connectivity index is 1.65. The zero-order chi connectivity index (χ0) is 14.7. The molecule has 0 aromatic heterocycles. The zero-order valence-corrected chi connectivity index (χ0v) is 12.6. The molecule has 2 fully saturated rings. The van der Waals surface area contributed by atoms with Gasteiger partial charge in [0.2, 0.25) is 0 Å². The Kier molecular flexibility index (Phi) is 4.44. The molecule has 1 aromatic rings. The van der Waals surface area contributed by atoms with E-state index < -0.39 is 0 Å². The summed E-state index contributed by atoms with van der Waals surface area (Å²) in [5.74, 6) is 1.87. The Bertz CT molecular complexity index is 499. The average Bonchev–Trinajstić information content (AvgIpc) is 3.32. The maximum absolute atomic E-state index is 12.5. The van der Waals surface area contributed by atoms with Gasteiger partial charge < -0.3 is 15.4 Å². The average molecular weight is 288 g/mol. The van der Waals surface area contributed by atoms with Crippen molar-refractivity contribution in [3.63, 3.8) is 0 Å². The molecule has 3 rings (SSSR count). The molecule has 0 bridgehead atoms. The van der Waals surface area contributed by atoms with E-state index in [2.05, 4.69) is 17.6 Å². The van der Waals surface area contributed by atoms with Gasteiger partial charge in [0.1, 0.15) is 5.75 Å². The Hall–Kier alpha value is -1.55. The van der Waals surface area contributed by atoms with Crippen molar-refractivity contribution in [3.05, 3.63) is 29.8 Å². The summed E-state index contributed by atoms with van der Waals surface area (Å²) in [5, 5.41) is 6.49. The highest BCUT2D eigenvalue weighted by atomic mass is 16.5. The van der Waals surface area contributed by atoms with Gasteiger partial charge in [0, 0.05) is 12.6 Å². The van der Waals surface area contributed by atoms with Crippen molar-refractivity contribution in [3.8, 4) is 5.75 Å². The highest BCUT2D eigenvalue weighted by molar-refractivity contribution is 5.97. The van der Waals surface area contributed by atoms with E-state index in [0.29, 0.717) is 23.1 Å². The van der Waals surface area contributed by atoms with E-state index >= 15 is 0 Å². The van der Waals surface area contributed by atoms with Crippen molar-refractivity contribution < 1.29 is 9.53 Å². The molecule has 21 heavy (non-hydrogen) atoms. The van der Waals surface area contributed by atoms with Gasteiger partial charge in [-0.1, -0.05) is 19.1 Å². The lowest BCUT2D eigenvalue weighted by Crippen LogP contribution is -2.50. The molecular formula is C17H24N2O2. The number of nitrogens with one attached hydrogen (secondary N) is 2. The molecule has 2 unspecified atom stereocenters. The van der Waals surface area contributed by atoms with Crippen molar-refractivity contribution >= 4 is 5.91 Å². The molecule has 114 valence electrons. The normalized spacial score (nSPS) is 25.4. The van der Waals surface area contributed by atoms with Crippen LogP contribution in [0, 0.1) is 11.8 Å². The number of para-hydroxylation sites is 1. The lowest BCUT2D eigenvalue weighted by Gasteiger charge is -2.30. The third kappa shape index (κ3) is 3.76. The molecule has 4 heteroatoms. The molecule has 2 aliphatic rings. The first-order valence-electron chi connectivity index (χ1n) is 7.97. The van der Waals surface area contributed by atoms with Crippen LogP contribution in [0.25, 0.3) is 0 Å². The largest absolute Gasteiger partial charge is 0.492 e. The van der Waals surface area contributed by atoms with E-state index in [9.17, 15) is 4.79 Å². The minimum Gasteiger partial charge on any atom is -0.492 e. The van der Waals surface area contributed by atoms with E-state index in [4.69, 9.17) is 4.74 Å². The van der Waals surface area contributed by atoms with Crippen LogP contribution in [-0.4, -0.2) is 31.6 Å². The number of hydrogen-bond donors (Lipinski definition) is 2. The number of carbonyl (C=O) groups excluding carboxylic acids is 1. The van der Waals surface area contributed by atoms with Crippen LogP contribution in [0.2, 0.25) is 0 Å². The summed E-state index contributed by atoms with van der Waals surface area (Å²) in [7, 11) is 0. The molecular weight excluding hydrogens is 264 g/mol. The topological polar surface area (TPSA) is 50.4 Å². The maximum Gasteiger partial charge on any atom is 0.255 e. The minimum absolute atomic E-state index is 0.0260. The van der Waals surface area contributed by atoms with E-state index in [1.165, 1.54) is 12.8 Å². The standard InChI is InChI=1S/C17H24N2O2/c1-12-8-9-18-10-15(12)19-17(20)14-4-2-3-5-16(14)21-11-13-6-7-13/h2-5,12-13,15,18H,6-11H2,1H3,(H,19,20). The van der Waals surface area contributed by atoms with Gasteiger partial charge in [-0.2, -0.15) is 0 Å². The van der Waals surface area contributed by atoms with Crippen LogP contribution < -0.4 is 15.4 Å². The van der Waals surface area contributed by atoms with Crippen LogP contribution in [0.5, 0.6) is 5.75 Å². The Morgan fingerprint density at radius 1 is 1.33 bits per heavy atom. The second kappa shape index (κ2) is 6.48. The lowest BCUT2D eigenvalue weighted by atomic mass is 9.94. The van der Waals surface area contributed by atoms with Crippen LogP contribution in [0.3, 0.4) is 0 Å². The summed E-state index contributed by atoms with van der Waals surface area (Å²) in [5.41, 5.74) is 0.649. The minimum atomic E-state index is -0.0260. The molecule has 0 radical (unpaired) electrons. The number of ether oxygens (including phenoxy) is 1. The Labute approximate surface area is 126 Å². The lowest BCUT2D eigenvalue weighted by molar-refractivity contribution is 0.0911. The molecule has 1 aromatic carbocycles. The molecule has 1 aliphatic carbocycles. The monoisotopic (exact) mass is 288 g/mol. The Morgan fingerprint density at radius 2 is 2.14 bits per heavy atom. The van der Waals surface area contributed by atoms with Crippen LogP contribution in [0.15, 0.2) is 24.3 Å². The predicted octanol–water partition coefficient (Wildman–Crippen LogP) is 2.20. The van der Waals surface area contributed by atoms with E-state index in [1.807, 2.05) is 24.3 Å². The van der Waals surface area contributed by atoms with Crippen molar-refractivity contribution in [2.45, 2.75) is 32.2 Å². The summed E-state index contributed by atoms with van der Waals surface area (Å²) < 4.78 is 5.82. The van der Waals surface area contributed by atoms with Gasteiger partial charge in [-0.25, -0.2) is 0 Å². The second-order valence-electron chi connectivity index (χ2n) is 6.30. The molecule has 1 heterocycles. The van der Waals surface area contributed by atoms with Crippen molar-refractivity contribution in [2.24, 2.45) is 11.8 Å². The van der Waals surface area contributed by atoms with Gasteiger partial charge in [-0.15, -0.1) is 0 Å². The second-order valence-corrected chi connectivity index (χ2v) is 6.30. The molecule has 1 aliphatic heterocycles. The van der Waals surface area contributed by atoms with E-state index in [-0.39, 0.29) is 11.9 Å². The third-order valence-electron chi connectivity index (χ3n) is 4.45. The first-order chi connectivity index (χ1) is 10.2. The van der Waals surface area contributed by atoms with Crippen LogP contribution in [0.1, 0.15) is 36.5 Å². The number of amides is 1. The number of piperidine rings is 1. The molecule has 0 spiro atoms. The summed E-state index contributed by atoms with van der Waals surface area (Å²) in [6.45, 7) is 4.81. The van der Waals surface area contributed by atoms with Gasteiger partial charge in [-0.05, 0) is 49.8 Å². The van der Waals surface area contributed by atoms with Gasteiger partial charge >= 0.3 is 0 Å². The molecule has 1 saturated carbocycles. The first kappa shape index (κ1) is 14.4. The predicted molar refractivity (Wildman–Crippen MR) is 82.6 cm³/mol. The van der Waals surface area contributed by atoms with Crippen molar-refractivity contribution in [1.82, 2.24) is 10.6 Å².